The van der Waals surface area contributed by atoms with Crippen molar-refractivity contribution in [1.82, 2.24) is 0 Å². The van der Waals surface area contributed by atoms with E-state index in [-0.39, 0.29) is 24.2 Å². The smallest absolute Gasteiger partial charge is 0.231 e. The molecule has 0 saturated heterocycles. The van der Waals surface area contributed by atoms with E-state index >= 15 is 0 Å². The number of benzene rings is 3. The molecule has 4 rings (SSSR count). The second-order valence-corrected chi connectivity index (χ2v) is 10.2. The predicted molar refractivity (Wildman–Crippen MR) is 149 cm³/mol. The van der Waals surface area contributed by atoms with Crippen molar-refractivity contribution in [2.45, 2.75) is 39.7 Å². The number of anilines is 1. The van der Waals surface area contributed by atoms with Crippen LogP contribution >= 0.6 is 0 Å². The Kier molecular flexibility index (Phi) is 8.15. The quantitative estimate of drug-likeness (QED) is 0.323. The fraction of sp³-hybridized carbons (Fsp3) is 0.323. The van der Waals surface area contributed by atoms with Crippen molar-refractivity contribution in [3.63, 3.8) is 0 Å². The number of ether oxygens (including phenoxy) is 5. The molecule has 0 aromatic heterocycles. The lowest BCUT2D eigenvalue weighted by molar-refractivity contribution is -0.119. The summed E-state index contributed by atoms with van der Waals surface area (Å²) in [5, 5.41) is 3.04. The van der Waals surface area contributed by atoms with Gasteiger partial charge in [-0.05, 0) is 80.3 Å². The second-order valence-electron chi connectivity index (χ2n) is 10.2. The van der Waals surface area contributed by atoms with Crippen molar-refractivity contribution in [1.29, 1.82) is 0 Å². The summed E-state index contributed by atoms with van der Waals surface area (Å²) in [5.41, 5.74) is 3.23. The minimum absolute atomic E-state index is 0.0834. The van der Waals surface area contributed by atoms with Crippen LogP contribution in [0.15, 0.2) is 54.6 Å². The van der Waals surface area contributed by atoms with Crippen LogP contribution in [0.4, 0.5) is 5.69 Å². The molecule has 1 aliphatic heterocycles. The van der Waals surface area contributed by atoms with Crippen molar-refractivity contribution in [2.24, 2.45) is 5.92 Å². The number of rotatable bonds is 9. The normalized spacial score (nSPS) is 13.3. The second kappa shape index (κ2) is 11.5. The summed E-state index contributed by atoms with van der Waals surface area (Å²) in [5.74, 6) is 2.96. The molecule has 0 saturated carbocycles. The highest BCUT2D eigenvalue weighted by molar-refractivity contribution is 5.94. The zero-order chi connectivity index (χ0) is 27.3. The number of amides is 1. The third-order valence-electron chi connectivity index (χ3n) is 5.97. The Morgan fingerprint density at radius 3 is 2.34 bits per heavy atom. The highest BCUT2D eigenvalue weighted by atomic mass is 16.7. The first-order valence-electron chi connectivity index (χ1n) is 12.6. The lowest BCUT2D eigenvalue weighted by Gasteiger charge is -2.21. The van der Waals surface area contributed by atoms with E-state index in [1.54, 1.807) is 14.2 Å². The Morgan fingerprint density at radius 2 is 1.66 bits per heavy atom. The molecule has 3 aromatic rings. The average Bonchev–Trinajstić information content (AvgIpc) is 3.36. The fourth-order valence-corrected chi connectivity index (χ4v) is 4.11. The van der Waals surface area contributed by atoms with Gasteiger partial charge in [-0.1, -0.05) is 37.3 Å². The van der Waals surface area contributed by atoms with E-state index in [9.17, 15) is 4.79 Å². The Morgan fingerprint density at radius 1 is 0.947 bits per heavy atom. The Balaban J connectivity index is 1.44. The number of methoxy groups -OCH3 is 2. The Bertz CT molecular complexity index is 1310. The third kappa shape index (κ3) is 6.79. The molecular formula is C31H35NO6. The standard InChI is InChI=1S/C31H35NO6/c1-20(15-21-9-12-24(13-10-21)38-31(2,3)4)30(33)32-25-16-22(11-14-26(25)34-5)7-8-23-17-27(35-6)29-28(18-23)36-19-37-29/h7-14,16-18,20H,15,19H2,1-6H3,(H,32,33). The van der Waals surface area contributed by atoms with Crippen molar-refractivity contribution < 1.29 is 28.5 Å². The number of carbonyl (C=O) groups is 1. The zero-order valence-corrected chi connectivity index (χ0v) is 22.8. The number of carbonyl (C=O) groups excluding carboxylic acids is 1. The van der Waals surface area contributed by atoms with Crippen LogP contribution in [0.1, 0.15) is 44.4 Å². The van der Waals surface area contributed by atoms with Gasteiger partial charge in [-0.15, -0.1) is 0 Å². The van der Waals surface area contributed by atoms with E-state index in [0.29, 0.717) is 35.1 Å². The maximum Gasteiger partial charge on any atom is 0.231 e. The summed E-state index contributed by atoms with van der Waals surface area (Å²) < 4.78 is 27.8. The van der Waals surface area contributed by atoms with Crippen molar-refractivity contribution in [3.05, 3.63) is 71.3 Å². The fourth-order valence-electron chi connectivity index (χ4n) is 4.11. The number of hydrogen-bond donors (Lipinski definition) is 1. The SMILES string of the molecule is COc1ccc(C=Cc2cc(OC)c3c(c2)OCO3)cc1NC(=O)C(C)Cc1ccc(OC(C)(C)C)cc1. The number of nitrogens with one attached hydrogen (secondary N) is 1. The highest BCUT2D eigenvalue weighted by Crippen LogP contribution is 2.42. The summed E-state index contributed by atoms with van der Waals surface area (Å²) in [4.78, 5) is 13.1. The number of hydrogen-bond acceptors (Lipinski definition) is 6. The molecule has 3 aromatic carbocycles. The summed E-state index contributed by atoms with van der Waals surface area (Å²) in [6, 6.07) is 17.3. The molecule has 0 fully saturated rings. The highest BCUT2D eigenvalue weighted by Gasteiger charge is 2.20. The maximum atomic E-state index is 13.1. The van der Waals surface area contributed by atoms with E-state index in [2.05, 4.69) is 5.32 Å². The first-order valence-corrected chi connectivity index (χ1v) is 12.6. The molecule has 1 amide bonds. The van der Waals surface area contributed by atoms with Crippen LogP contribution in [0.25, 0.3) is 12.2 Å². The van der Waals surface area contributed by atoms with E-state index in [1.807, 2.05) is 94.4 Å². The van der Waals surface area contributed by atoms with Gasteiger partial charge in [0.1, 0.15) is 17.1 Å². The van der Waals surface area contributed by atoms with Crippen LogP contribution in [0, 0.1) is 5.92 Å². The molecule has 0 bridgehead atoms. The molecule has 200 valence electrons. The van der Waals surface area contributed by atoms with Gasteiger partial charge in [-0.25, -0.2) is 0 Å². The van der Waals surface area contributed by atoms with Gasteiger partial charge in [0, 0.05) is 5.92 Å². The summed E-state index contributed by atoms with van der Waals surface area (Å²) in [7, 11) is 3.19. The monoisotopic (exact) mass is 517 g/mol. The molecule has 1 atom stereocenters. The van der Waals surface area contributed by atoms with Crippen LogP contribution in [-0.2, 0) is 11.2 Å². The molecule has 1 unspecified atom stereocenters. The van der Waals surface area contributed by atoms with Gasteiger partial charge in [0.15, 0.2) is 11.5 Å². The molecule has 1 N–H and O–H groups in total. The third-order valence-corrected chi connectivity index (χ3v) is 5.97. The summed E-state index contributed by atoms with van der Waals surface area (Å²) in [6.45, 7) is 8.14. The number of fused-ring (bicyclic) bond motifs is 1. The van der Waals surface area contributed by atoms with Gasteiger partial charge in [-0.3, -0.25) is 4.79 Å². The van der Waals surface area contributed by atoms with Crippen LogP contribution in [0.5, 0.6) is 28.7 Å². The molecular weight excluding hydrogens is 482 g/mol. The van der Waals surface area contributed by atoms with E-state index in [1.165, 1.54) is 0 Å². The van der Waals surface area contributed by atoms with Gasteiger partial charge < -0.3 is 29.0 Å². The summed E-state index contributed by atoms with van der Waals surface area (Å²) >= 11 is 0. The molecule has 0 radical (unpaired) electrons. The molecule has 0 aliphatic carbocycles. The predicted octanol–water partition coefficient (Wildman–Crippen LogP) is 6.60. The first-order chi connectivity index (χ1) is 18.1. The van der Waals surface area contributed by atoms with Gasteiger partial charge in [0.2, 0.25) is 18.4 Å². The van der Waals surface area contributed by atoms with Gasteiger partial charge in [0.05, 0.1) is 19.9 Å². The van der Waals surface area contributed by atoms with Crippen LogP contribution < -0.4 is 29.0 Å². The maximum absolute atomic E-state index is 13.1. The lowest BCUT2D eigenvalue weighted by atomic mass is 10.00. The van der Waals surface area contributed by atoms with Crippen LogP contribution in [-0.4, -0.2) is 32.5 Å². The van der Waals surface area contributed by atoms with Crippen molar-refractivity contribution in [2.75, 3.05) is 26.3 Å². The lowest BCUT2D eigenvalue weighted by Crippen LogP contribution is -2.23. The van der Waals surface area contributed by atoms with Crippen molar-refractivity contribution in [3.8, 4) is 28.7 Å². The van der Waals surface area contributed by atoms with Gasteiger partial charge in [-0.2, -0.15) is 0 Å². The van der Waals surface area contributed by atoms with E-state index in [0.717, 1.165) is 22.4 Å². The minimum atomic E-state index is -0.255. The molecule has 1 aliphatic rings. The average molecular weight is 518 g/mol. The van der Waals surface area contributed by atoms with E-state index in [4.69, 9.17) is 23.7 Å². The molecule has 0 spiro atoms. The minimum Gasteiger partial charge on any atom is -0.495 e. The van der Waals surface area contributed by atoms with E-state index < -0.39 is 0 Å². The van der Waals surface area contributed by atoms with Gasteiger partial charge >= 0.3 is 0 Å². The largest absolute Gasteiger partial charge is 0.495 e. The zero-order valence-electron chi connectivity index (χ0n) is 22.8. The topological polar surface area (TPSA) is 75.3 Å². The van der Waals surface area contributed by atoms with Crippen LogP contribution in [0.3, 0.4) is 0 Å². The molecule has 38 heavy (non-hydrogen) atoms. The summed E-state index contributed by atoms with van der Waals surface area (Å²) in [6.07, 6.45) is 4.51. The van der Waals surface area contributed by atoms with Crippen LogP contribution in [0.2, 0.25) is 0 Å². The Hall–Kier alpha value is -4.13. The van der Waals surface area contributed by atoms with Gasteiger partial charge in [0.25, 0.3) is 0 Å². The molecule has 1 heterocycles. The Labute approximate surface area is 224 Å². The molecule has 7 heteroatoms. The molecule has 7 nitrogen and oxygen atoms in total. The first kappa shape index (κ1) is 26.9. The van der Waals surface area contributed by atoms with Crippen molar-refractivity contribution >= 4 is 23.7 Å².